The van der Waals surface area contributed by atoms with E-state index in [-0.39, 0.29) is 11.9 Å². The number of hydrogen-bond acceptors (Lipinski definition) is 5. The van der Waals surface area contributed by atoms with E-state index in [2.05, 4.69) is 24.0 Å². The van der Waals surface area contributed by atoms with Gasteiger partial charge in [-0.2, -0.15) is 9.59 Å². The molecule has 1 aromatic carbocycles. The Morgan fingerprint density at radius 3 is 2.29 bits per heavy atom. The van der Waals surface area contributed by atoms with Gasteiger partial charge < -0.3 is 14.4 Å². The summed E-state index contributed by atoms with van der Waals surface area (Å²) in [6.07, 6.45) is 2.08. The van der Waals surface area contributed by atoms with Gasteiger partial charge in [0.2, 0.25) is 0 Å². The van der Waals surface area contributed by atoms with Crippen LogP contribution in [0.15, 0.2) is 18.2 Å². The van der Waals surface area contributed by atoms with Crippen molar-refractivity contribution in [3.8, 4) is 0 Å². The summed E-state index contributed by atoms with van der Waals surface area (Å²) in [7, 11) is 0. The standard InChI is InChI=1S/C14H18ClNO2.CO2/c1-11-2-3-13(12(15)10-11)16-6-4-14(5-7-16)17-8-9-18-14;2-1-3/h2-3,10H,4-9H2,1H3;. The average molecular weight is 312 g/mol. The van der Waals surface area contributed by atoms with E-state index in [9.17, 15) is 0 Å². The number of nitrogens with zero attached hydrogens (tertiary/aromatic N) is 1. The molecule has 21 heavy (non-hydrogen) atoms. The summed E-state index contributed by atoms with van der Waals surface area (Å²) in [5.41, 5.74) is 2.31. The number of rotatable bonds is 1. The van der Waals surface area contributed by atoms with E-state index < -0.39 is 0 Å². The lowest BCUT2D eigenvalue weighted by atomic mass is 10.0. The monoisotopic (exact) mass is 311 g/mol. The lowest BCUT2D eigenvalue weighted by molar-refractivity contribution is -0.191. The summed E-state index contributed by atoms with van der Waals surface area (Å²) in [5, 5.41) is 0.833. The molecule has 2 heterocycles. The predicted octanol–water partition coefficient (Wildman–Crippen LogP) is 2.41. The van der Waals surface area contributed by atoms with Crippen molar-refractivity contribution in [3.63, 3.8) is 0 Å². The molecule has 0 saturated carbocycles. The quantitative estimate of drug-likeness (QED) is 0.797. The van der Waals surface area contributed by atoms with Gasteiger partial charge in [-0.05, 0) is 24.6 Å². The van der Waals surface area contributed by atoms with Gasteiger partial charge in [0, 0.05) is 25.9 Å². The highest BCUT2D eigenvalue weighted by molar-refractivity contribution is 6.33. The molecule has 0 atom stereocenters. The first-order chi connectivity index (χ1) is 10.1. The van der Waals surface area contributed by atoms with Crippen molar-refractivity contribution in [2.45, 2.75) is 25.6 Å². The van der Waals surface area contributed by atoms with Crippen molar-refractivity contribution in [1.29, 1.82) is 0 Å². The molecule has 0 bridgehead atoms. The molecule has 3 rings (SSSR count). The van der Waals surface area contributed by atoms with Gasteiger partial charge in [-0.3, -0.25) is 0 Å². The Bertz CT molecular complexity index is 512. The number of carbonyl (C=O) groups excluding carboxylic acids is 2. The van der Waals surface area contributed by atoms with Crippen LogP contribution in [0.25, 0.3) is 0 Å². The number of benzene rings is 1. The molecule has 6 heteroatoms. The number of ether oxygens (including phenoxy) is 2. The number of hydrogen-bond donors (Lipinski definition) is 0. The molecule has 0 aliphatic carbocycles. The second kappa shape index (κ2) is 7.05. The first kappa shape index (κ1) is 16.0. The molecule has 0 aromatic heterocycles. The zero-order valence-electron chi connectivity index (χ0n) is 11.9. The van der Waals surface area contributed by atoms with Gasteiger partial charge in [0.05, 0.1) is 23.9 Å². The average Bonchev–Trinajstić information content (AvgIpc) is 2.90. The second-order valence-corrected chi connectivity index (χ2v) is 5.54. The molecule has 0 amide bonds. The van der Waals surface area contributed by atoms with Crippen LogP contribution in [0.1, 0.15) is 18.4 Å². The summed E-state index contributed by atoms with van der Waals surface area (Å²) in [5.74, 6) is -0.312. The molecule has 2 saturated heterocycles. The first-order valence-electron chi connectivity index (χ1n) is 6.88. The van der Waals surface area contributed by atoms with Gasteiger partial charge >= 0.3 is 6.15 Å². The van der Waals surface area contributed by atoms with Crippen LogP contribution in [0.2, 0.25) is 5.02 Å². The smallest absolute Gasteiger partial charge is 0.370 e. The Kier molecular flexibility index (Phi) is 5.37. The zero-order valence-corrected chi connectivity index (χ0v) is 12.7. The molecule has 1 aromatic rings. The molecule has 114 valence electrons. The number of anilines is 1. The van der Waals surface area contributed by atoms with E-state index in [0.717, 1.165) is 49.9 Å². The van der Waals surface area contributed by atoms with E-state index in [1.54, 1.807) is 0 Å². The molecule has 2 fully saturated rings. The summed E-state index contributed by atoms with van der Waals surface area (Å²) >= 11 is 6.31. The lowest BCUT2D eigenvalue weighted by Gasteiger charge is -2.39. The summed E-state index contributed by atoms with van der Waals surface area (Å²) < 4.78 is 11.5. The van der Waals surface area contributed by atoms with Crippen molar-refractivity contribution in [2.75, 3.05) is 31.2 Å². The third kappa shape index (κ3) is 3.83. The lowest BCUT2D eigenvalue weighted by Crippen LogP contribution is -2.45. The van der Waals surface area contributed by atoms with Crippen molar-refractivity contribution in [1.82, 2.24) is 0 Å². The largest absolute Gasteiger partial charge is 0.373 e. The molecular formula is C15H18ClNO4. The highest BCUT2D eigenvalue weighted by atomic mass is 35.5. The van der Waals surface area contributed by atoms with E-state index in [0.29, 0.717) is 0 Å². The Balaban J connectivity index is 0.000000497. The Hall–Kier alpha value is -1.39. The normalized spacial score (nSPS) is 19.8. The van der Waals surface area contributed by atoms with Crippen LogP contribution in [0.4, 0.5) is 5.69 Å². The van der Waals surface area contributed by atoms with E-state index in [1.807, 2.05) is 6.07 Å². The fraction of sp³-hybridized carbons (Fsp3) is 0.533. The fourth-order valence-corrected chi connectivity index (χ4v) is 3.10. The van der Waals surface area contributed by atoms with E-state index >= 15 is 0 Å². The predicted molar refractivity (Wildman–Crippen MR) is 77.3 cm³/mol. The summed E-state index contributed by atoms with van der Waals surface area (Å²) in [6.45, 7) is 5.38. The third-order valence-electron chi connectivity index (χ3n) is 3.78. The number of piperidine rings is 1. The second-order valence-electron chi connectivity index (χ2n) is 5.13. The Morgan fingerprint density at radius 1 is 1.19 bits per heavy atom. The van der Waals surface area contributed by atoms with Crippen LogP contribution >= 0.6 is 11.6 Å². The molecule has 0 radical (unpaired) electrons. The van der Waals surface area contributed by atoms with Crippen LogP contribution < -0.4 is 4.90 Å². The van der Waals surface area contributed by atoms with Crippen LogP contribution in [-0.2, 0) is 19.1 Å². The van der Waals surface area contributed by atoms with Crippen molar-refractivity contribution >= 4 is 23.4 Å². The highest BCUT2D eigenvalue weighted by Crippen LogP contribution is 2.35. The fourth-order valence-electron chi connectivity index (χ4n) is 2.74. The van der Waals surface area contributed by atoms with E-state index in [1.165, 1.54) is 5.56 Å². The molecule has 2 aliphatic heterocycles. The van der Waals surface area contributed by atoms with Crippen molar-refractivity contribution in [3.05, 3.63) is 28.8 Å². The molecule has 0 N–H and O–H groups in total. The maximum atomic E-state index is 8.12. The summed E-state index contributed by atoms with van der Waals surface area (Å²) in [6, 6.07) is 6.23. The summed E-state index contributed by atoms with van der Waals surface area (Å²) in [4.78, 5) is 18.6. The molecule has 5 nitrogen and oxygen atoms in total. The maximum Gasteiger partial charge on any atom is 0.373 e. The van der Waals surface area contributed by atoms with Crippen LogP contribution in [-0.4, -0.2) is 38.2 Å². The third-order valence-corrected chi connectivity index (χ3v) is 4.09. The van der Waals surface area contributed by atoms with Crippen LogP contribution in [0.5, 0.6) is 0 Å². The van der Waals surface area contributed by atoms with Gasteiger partial charge in [0.15, 0.2) is 5.79 Å². The molecule has 1 spiro atoms. The molecule has 0 unspecified atom stereocenters. The van der Waals surface area contributed by atoms with Gasteiger partial charge in [-0.15, -0.1) is 0 Å². The topological polar surface area (TPSA) is 55.8 Å². The van der Waals surface area contributed by atoms with Gasteiger partial charge in [-0.25, -0.2) is 0 Å². The first-order valence-corrected chi connectivity index (χ1v) is 7.26. The number of halogens is 1. The zero-order chi connectivity index (χ0) is 15.3. The minimum Gasteiger partial charge on any atom is -0.370 e. The van der Waals surface area contributed by atoms with Gasteiger partial charge in [0.25, 0.3) is 0 Å². The van der Waals surface area contributed by atoms with Crippen LogP contribution in [0, 0.1) is 6.92 Å². The number of aryl methyl sites for hydroxylation is 1. The van der Waals surface area contributed by atoms with Gasteiger partial charge in [0.1, 0.15) is 0 Å². The molecule has 2 aliphatic rings. The van der Waals surface area contributed by atoms with Crippen LogP contribution in [0.3, 0.4) is 0 Å². The highest BCUT2D eigenvalue weighted by Gasteiger charge is 2.39. The molecular weight excluding hydrogens is 294 g/mol. The van der Waals surface area contributed by atoms with E-state index in [4.69, 9.17) is 30.7 Å². The minimum atomic E-state index is -0.312. The Labute approximate surface area is 128 Å². The van der Waals surface area contributed by atoms with Crippen molar-refractivity contribution in [2.24, 2.45) is 0 Å². The Morgan fingerprint density at radius 2 is 1.76 bits per heavy atom. The maximum absolute atomic E-state index is 8.12. The van der Waals surface area contributed by atoms with Crippen molar-refractivity contribution < 1.29 is 19.1 Å². The van der Waals surface area contributed by atoms with Gasteiger partial charge in [-0.1, -0.05) is 17.7 Å². The minimum absolute atomic E-state index is 0.250. The SMILES string of the molecule is Cc1ccc(N2CCC3(CC2)OCCO3)c(Cl)c1.O=C=O.